The number of thioether (sulfide) groups is 1. The molecule has 2 aliphatic rings. The molecule has 1 saturated heterocycles. The molecule has 0 N–H and O–H groups in total. The predicted octanol–water partition coefficient (Wildman–Crippen LogP) is 3.16. The summed E-state index contributed by atoms with van der Waals surface area (Å²) in [5.41, 5.74) is 3.59. The Morgan fingerprint density at radius 1 is 0.969 bits per heavy atom. The second-order valence-corrected chi connectivity index (χ2v) is 9.94. The number of benzene rings is 2. The number of hydrogen-bond acceptors (Lipinski definition) is 6. The van der Waals surface area contributed by atoms with Crippen LogP contribution in [0.1, 0.15) is 12.5 Å². The number of amides is 1. The summed E-state index contributed by atoms with van der Waals surface area (Å²) in [4.78, 5) is 30.8. The molecule has 5 nitrogen and oxygen atoms in total. The molecule has 3 heterocycles. The molecule has 1 aromatic heterocycles. The Morgan fingerprint density at radius 3 is 2.38 bits per heavy atom. The third-order valence-electron chi connectivity index (χ3n) is 5.46. The van der Waals surface area contributed by atoms with Gasteiger partial charge in [0.15, 0.2) is 0 Å². The van der Waals surface area contributed by atoms with Crippen molar-refractivity contribution in [1.29, 1.82) is 0 Å². The second-order valence-electron chi connectivity index (χ2n) is 7.30. The maximum absolute atomic E-state index is 13.8. The molecule has 2 aromatic carbocycles. The Balaban J connectivity index is 1.88. The first-order chi connectivity index (χ1) is 15.5. The van der Waals surface area contributed by atoms with Crippen LogP contribution < -0.4 is 19.7 Å². The first-order valence-electron chi connectivity index (χ1n) is 10.1. The molecular formula is C24H19N3O2S3. The Hall–Kier alpha value is -2.94. The van der Waals surface area contributed by atoms with Gasteiger partial charge in [0.1, 0.15) is 18.4 Å². The number of aromatic nitrogens is 1. The molecule has 2 aliphatic heterocycles. The summed E-state index contributed by atoms with van der Waals surface area (Å²) in [7, 11) is 1.67. The van der Waals surface area contributed by atoms with Gasteiger partial charge in [-0.15, -0.1) is 11.3 Å². The summed E-state index contributed by atoms with van der Waals surface area (Å²) in [5.74, 6) is -0.181. The van der Waals surface area contributed by atoms with Crippen LogP contribution in [0.2, 0.25) is 0 Å². The van der Waals surface area contributed by atoms with Crippen molar-refractivity contribution in [3.05, 3.63) is 85.8 Å². The Kier molecular flexibility index (Phi) is 5.36. The maximum atomic E-state index is 13.8. The standard InChI is InChI=1S/C24H19N3O2S3/c1-3-26-17-12-8-7-9-15(17)13-14-18(26)19-22(29)27(16-10-5-4-6-11-16)23(31-19)20-21(28)25(2)24(30)32-20/h4-14H,3H2,1-2H3/b19-18?,23-20-. The van der Waals surface area contributed by atoms with Gasteiger partial charge in [0, 0.05) is 19.3 Å². The normalized spacial score (nSPS) is 19.1. The number of anilines is 1. The minimum Gasteiger partial charge on any atom is -0.340 e. The number of thiazole rings is 1. The van der Waals surface area contributed by atoms with E-state index < -0.39 is 0 Å². The molecule has 160 valence electrons. The largest absolute Gasteiger partial charge is 0.340 e. The van der Waals surface area contributed by atoms with Crippen molar-refractivity contribution in [2.45, 2.75) is 6.92 Å². The molecule has 32 heavy (non-hydrogen) atoms. The van der Waals surface area contributed by atoms with E-state index in [9.17, 15) is 9.59 Å². The molecule has 0 bridgehead atoms. The molecule has 0 spiro atoms. The van der Waals surface area contributed by atoms with Crippen LogP contribution >= 0.6 is 35.3 Å². The van der Waals surface area contributed by atoms with Crippen molar-refractivity contribution in [3.63, 3.8) is 0 Å². The van der Waals surface area contributed by atoms with Gasteiger partial charge in [-0.1, -0.05) is 66.5 Å². The quantitative estimate of drug-likeness (QED) is 0.531. The first kappa shape index (κ1) is 20.9. The highest BCUT2D eigenvalue weighted by molar-refractivity contribution is 8.30. The molecular weight excluding hydrogens is 458 g/mol. The van der Waals surface area contributed by atoms with Crippen molar-refractivity contribution in [3.8, 4) is 5.69 Å². The van der Waals surface area contributed by atoms with Gasteiger partial charge in [-0.3, -0.25) is 19.1 Å². The molecule has 0 saturated carbocycles. The fraction of sp³-hybridized carbons (Fsp3) is 0.125. The number of carbonyl (C=O) groups excluding carboxylic acids is 1. The lowest BCUT2D eigenvalue weighted by molar-refractivity contribution is -0.119. The van der Waals surface area contributed by atoms with Gasteiger partial charge in [0.25, 0.3) is 11.5 Å². The van der Waals surface area contributed by atoms with E-state index in [0.717, 1.165) is 22.6 Å². The highest BCUT2D eigenvalue weighted by Gasteiger charge is 2.32. The number of fused-ring (bicyclic) bond motifs is 1. The van der Waals surface area contributed by atoms with Gasteiger partial charge in [-0.05, 0) is 36.8 Å². The fourth-order valence-corrected chi connectivity index (χ4v) is 6.37. The lowest BCUT2D eigenvalue weighted by Gasteiger charge is -2.28. The van der Waals surface area contributed by atoms with E-state index in [4.69, 9.17) is 12.2 Å². The van der Waals surface area contributed by atoms with Crippen LogP contribution in [-0.4, -0.2) is 33.3 Å². The zero-order valence-corrected chi connectivity index (χ0v) is 19.9. The summed E-state index contributed by atoms with van der Waals surface area (Å²) in [6.45, 7) is 2.78. The Bertz CT molecular complexity index is 1470. The van der Waals surface area contributed by atoms with Crippen molar-refractivity contribution in [2.24, 2.45) is 0 Å². The molecule has 0 atom stereocenters. The van der Waals surface area contributed by atoms with E-state index in [-0.39, 0.29) is 11.5 Å². The predicted molar refractivity (Wildman–Crippen MR) is 137 cm³/mol. The van der Waals surface area contributed by atoms with Crippen molar-refractivity contribution < 1.29 is 4.79 Å². The second kappa shape index (κ2) is 8.20. The lowest BCUT2D eigenvalue weighted by Crippen LogP contribution is -2.36. The maximum Gasteiger partial charge on any atom is 0.275 e. The van der Waals surface area contributed by atoms with Crippen LogP contribution in [0, 0.1) is 0 Å². The SMILES string of the molecule is CCN1C(=c2s/c(=C3\SC(=S)N(C)C3=O)n(-c3ccccc3)c2=O)C=Cc2ccccc21. The van der Waals surface area contributed by atoms with Gasteiger partial charge in [-0.25, -0.2) is 0 Å². The molecule has 1 amide bonds. The smallest absolute Gasteiger partial charge is 0.275 e. The van der Waals surface area contributed by atoms with Crippen LogP contribution in [0.25, 0.3) is 22.4 Å². The van der Waals surface area contributed by atoms with Crippen molar-refractivity contribution in [2.75, 3.05) is 18.5 Å². The highest BCUT2D eigenvalue weighted by atomic mass is 32.2. The number of likely N-dealkylation sites (N-methyl/N-ethyl adjacent to an activating group) is 1. The average molecular weight is 478 g/mol. The summed E-state index contributed by atoms with van der Waals surface area (Å²) in [6.07, 6.45) is 4.03. The van der Waals surface area contributed by atoms with Crippen LogP contribution in [0.5, 0.6) is 0 Å². The molecule has 8 heteroatoms. The molecule has 1 fully saturated rings. The van der Waals surface area contributed by atoms with Gasteiger partial charge >= 0.3 is 0 Å². The van der Waals surface area contributed by atoms with Gasteiger partial charge < -0.3 is 4.90 Å². The molecule has 5 rings (SSSR count). The summed E-state index contributed by atoms with van der Waals surface area (Å²) in [5, 5.41) is 0. The minimum atomic E-state index is -0.181. The van der Waals surface area contributed by atoms with E-state index in [2.05, 4.69) is 24.0 Å². The number of hydrogen-bond donors (Lipinski definition) is 0. The summed E-state index contributed by atoms with van der Waals surface area (Å²) < 4.78 is 3.32. The van der Waals surface area contributed by atoms with Crippen molar-refractivity contribution >= 4 is 67.9 Å². The fourth-order valence-electron chi connectivity index (χ4n) is 3.87. The third-order valence-corrected chi connectivity index (χ3v) is 8.30. The molecule has 3 aromatic rings. The van der Waals surface area contributed by atoms with Gasteiger partial charge in [0.05, 0.1) is 11.4 Å². The number of nitrogens with zero attached hydrogens (tertiary/aromatic N) is 3. The lowest BCUT2D eigenvalue weighted by atomic mass is 10.1. The zero-order chi connectivity index (χ0) is 22.4. The van der Waals surface area contributed by atoms with E-state index in [1.807, 2.05) is 54.6 Å². The van der Waals surface area contributed by atoms with Crippen LogP contribution in [0.4, 0.5) is 5.69 Å². The minimum absolute atomic E-state index is 0.143. The van der Waals surface area contributed by atoms with Gasteiger partial charge in [-0.2, -0.15) is 0 Å². The highest BCUT2D eigenvalue weighted by Crippen LogP contribution is 2.32. The summed E-state index contributed by atoms with van der Waals surface area (Å²) >= 11 is 7.93. The summed E-state index contributed by atoms with van der Waals surface area (Å²) in [6, 6.07) is 17.6. The molecule has 0 unspecified atom stereocenters. The average Bonchev–Trinajstić information content (AvgIpc) is 3.29. The van der Waals surface area contributed by atoms with Crippen LogP contribution in [0.15, 0.2) is 65.5 Å². The van der Waals surface area contributed by atoms with E-state index in [1.165, 1.54) is 28.0 Å². The Labute approximate surface area is 198 Å². The van der Waals surface area contributed by atoms with Crippen molar-refractivity contribution in [1.82, 2.24) is 9.47 Å². The van der Waals surface area contributed by atoms with E-state index in [1.54, 1.807) is 11.6 Å². The van der Waals surface area contributed by atoms with Gasteiger partial charge in [0.2, 0.25) is 0 Å². The third kappa shape index (κ3) is 3.26. The first-order valence-corrected chi connectivity index (χ1v) is 12.2. The zero-order valence-electron chi connectivity index (χ0n) is 17.4. The molecule has 0 aliphatic carbocycles. The topological polar surface area (TPSA) is 45.5 Å². The van der Waals surface area contributed by atoms with Crippen LogP contribution in [-0.2, 0) is 4.79 Å². The van der Waals surface area contributed by atoms with E-state index in [0.29, 0.717) is 25.0 Å². The molecule has 0 radical (unpaired) electrons. The number of thiocarbonyl (C=S) groups is 1. The Morgan fingerprint density at radius 2 is 1.69 bits per heavy atom. The van der Waals surface area contributed by atoms with Crippen LogP contribution in [0.3, 0.4) is 0 Å². The monoisotopic (exact) mass is 477 g/mol. The number of para-hydroxylation sites is 2. The number of rotatable bonds is 2. The number of carbonyl (C=O) groups is 1. The van der Waals surface area contributed by atoms with E-state index >= 15 is 0 Å².